The van der Waals surface area contributed by atoms with E-state index >= 15 is 0 Å². The van der Waals surface area contributed by atoms with Gasteiger partial charge < -0.3 is 10.6 Å². The van der Waals surface area contributed by atoms with E-state index in [1.54, 1.807) is 17.4 Å². The van der Waals surface area contributed by atoms with Crippen LogP contribution in [0.3, 0.4) is 0 Å². The summed E-state index contributed by atoms with van der Waals surface area (Å²) in [7, 11) is 0. The Balaban J connectivity index is 1.74. The fourth-order valence-corrected chi connectivity index (χ4v) is 3.70. The van der Waals surface area contributed by atoms with Crippen molar-refractivity contribution < 1.29 is 4.79 Å². The minimum Gasteiger partial charge on any atom is -0.370 e. The molecular formula is C16H19N3OS. The maximum atomic E-state index is 12.4. The molecule has 1 amide bonds. The van der Waals surface area contributed by atoms with Gasteiger partial charge in [0.2, 0.25) is 0 Å². The molecule has 0 fully saturated rings. The van der Waals surface area contributed by atoms with Crippen molar-refractivity contribution in [2.24, 2.45) is 0 Å². The Morgan fingerprint density at radius 1 is 1.43 bits per heavy atom. The highest BCUT2D eigenvalue weighted by Crippen LogP contribution is 2.33. The zero-order chi connectivity index (χ0) is 14.7. The molecule has 0 radical (unpaired) electrons. The quantitative estimate of drug-likeness (QED) is 0.910. The second kappa shape index (κ2) is 6.26. The van der Waals surface area contributed by atoms with E-state index in [1.165, 1.54) is 10.4 Å². The molecule has 5 heteroatoms. The second-order valence-corrected chi connectivity index (χ2v) is 6.16. The summed E-state index contributed by atoms with van der Waals surface area (Å²) in [5, 5.41) is 8.36. The smallest absolute Gasteiger partial charge is 0.270 e. The lowest BCUT2D eigenvalue weighted by Gasteiger charge is -2.23. The third kappa shape index (κ3) is 3.08. The van der Waals surface area contributed by atoms with Crippen molar-refractivity contribution in [3.63, 3.8) is 0 Å². The number of rotatable bonds is 4. The highest BCUT2D eigenvalue weighted by molar-refractivity contribution is 7.10. The van der Waals surface area contributed by atoms with Crippen LogP contribution in [0.4, 0.5) is 5.82 Å². The van der Waals surface area contributed by atoms with Gasteiger partial charge in [0.15, 0.2) is 0 Å². The largest absolute Gasteiger partial charge is 0.370 e. The van der Waals surface area contributed by atoms with Crippen molar-refractivity contribution in [3.8, 4) is 0 Å². The van der Waals surface area contributed by atoms with Crippen molar-refractivity contribution in [2.45, 2.75) is 32.2 Å². The number of thiophene rings is 1. The van der Waals surface area contributed by atoms with Crippen molar-refractivity contribution in [1.82, 2.24) is 10.3 Å². The van der Waals surface area contributed by atoms with E-state index in [4.69, 9.17) is 0 Å². The fourth-order valence-electron chi connectivity index (χ4n) is 2.71. The SMILES string of the molecule is CCNc1cccc(C(=O)NC2CCCc3sccc32)n1. The van der Waals surface area contributed by atoms with Gasteiger partial charge in [-0.1, -0.05) is 6.07 Å². The number of amides is 1. The number of hydrogen-bond donors (Lipinski definition) is 2. The van der Waals surface area contributed by atoms with E-state index in [0.717, 1.165) is 31.6 Å². The maximum absolute atomic E-state index is 12.4. The zero-order valence-corrected chi connectivity index (χ0v) is 12.9. The van der Waals surface area contributed by atoms with Gasteiger partial charge in [0, 0.05) is 11.4 Å². The molecule has 110 valence electrons. The van der Waals surface area contributed by atoms with Crippen molar-refractivity contribution >= 4 is 23.1 Å². The second-order valence-electron chi connectivity index (χ2n) is 5.16. The van der Waals surface area contributed by atoms with Gasteiger partial charge in [0.25, 0.3) is 5.91 Å². The molecule has 0 saturated carbocycles. The van der Waals surface area contributed by atoms with E-state index < -0.39 is 0 Å². The molecule has 0 aliphatic heterocycles. The summed E-state index contributed by atoms with van der Waals surface area (Å²) in [4.78, 5) is 18.2. The molecule has 4 nitrogen and oxygen atoms in total. The summed E-state index contributed by atoms with van der Waals surface area (Å²) in [5.41, 5.74) is 1.75. The number of aryl methyl sites for hydroxylation is 1. The van der Waals surface area contributed by atoms with Crippen LogP contribution in [0, 0.1) is 0 Å². The zero-order valence-electron chi connectivity index (χ0n) is 12.1. The number of pyridine rings is 1. The standard InChI is InChI=1S/C16H19N3OS/c1-2-17-15-8-4-6-13(18-15)16(20)19-12-5-3-7-14-11(12)9-10-21-14/h4,6,8-10,12H,2-3,5,7H2,1H3,(H,17,18)(H,19,20). The molecule has 0 spiro atoms. The van der Waals surface area contributed by atoms with E-state index in [0.29, 0.717) is 5.69 Å². The molecule has 1 unspecified atom stereocenters. The van der Waals surface area contributed by atoms with Gasteiger partial charge in [0.1, 0.15) is 11.5 Å². The van der Waals surface area contributed by atoms with Gasteiger partial charge in [-0.3, -0.25) is 4.79 Å². The van der Waals surface area contributed by atoms with E-state index in [1.807, 2.05) is 19.1 Å². The van der Waals surface area contributed by atoms with Gasteiger partial charge in [-0.15, -0.1) is 11.3 Å². The lowest BCUT2D eigenvalue weighted by atomic mass is 9.94. The molecular weight excluding hydrogens is 282 g/mol. The van der Waals surface area contributed by atoms with Crippen LogP contribution in [0.25, 0.3) is 0 Å². The predicted molar refractivity (Wildman–Crippen MR) is 85.9 cm³/mol. The topological polar surface area (TPSA) is 54.0 Å². The Labute approximate surface area is 128 Å². The summed E-state index contributed by atoms with van der Waals surface area (Å²) in [5.74, 6) is 0.642. The molecule has 3 rings (SSSR count). The first kappa shape index (κ1) is 14.1. The monoisotopic (exact) mass is 301 g/mol. The fraction of sp³-hybridized carbons (Fsp3) is 0.375. The Bertz CT molecular complexity index is 638. The molecule has 1 aliphatic carbocycles. The molecule has 0 bridgehead atoms. The first-order valence-corrected chi connectivity index (χ1v) is 8.24. The third-order valence-electron chi connectivity index (χ3n) is 3.70. The van der Waals surface area contributed by atoms with Gasteiger partial charge in [-0.25, -0.2) is 4.98 Å². The summed E-state index contributed by atoms with van der Waals surface area (Å²) in [6.45, 7) is 2.80. The molecule has 2 aromatic rings. The van der Waals surface area contributed by atoms with Crippen LogP contribution in [0.2, 0.25) is 0 Å². The Morgan fingerprint density at radius 2 is 2.33 bits per heavy atom. The number of hydrogen-bond acceptors (Lipinski definition) is 4. The summed E-state index contributed by atoms with van der Waals surface area (Å²) < 4.78 is 0. The average Bonchev–Trinajstić information content (AvgIpc) is 2.97. The minimum absolute atomic E-state index is 0.0983. The Hall–Kier alpha value is -1.88. The molecule has 2 N–H and O–H groups in total. The minimum atomic E-state index is -0.0983. The first-order valence-electron chi connectivity index (χ1n) is 7.36. The van der Waals surface area contributed by atoms with Gasteiger partial charge in [-0.05, 0) is 55.3 Å². The summed E-state index contributed by atoms with van der Waals surface area (Å²) in [6, 6.07) is 7.74. The number of nitrogens with zero attached hydrogens (tertiary/aromatic N) is 1. The van der Waals surface area contributed by atoms with Crippen LogP contribution in [-0.4, -0.2) is 17.4 Å². The number of nitrogens with one attached hydrogen (secondary N) is 2. The number of anilines is 1. The molecule has 0 aromatic carbocycles. The molecule has 1 atom stereocenters. The maximum Gasteiger partial charge on any atom is 0.270 e. The van der Waals surface area contributed by atoms with Crippen LogP contribution in [0.1, 0.15) is 46.7 Å². The number of aromatic nitrogens is 1. The molecule has 2 heterocycles. The van der Waals surface area contributed by atoms with Crippen molar-refractivity contribution in [2.75, 3.05) is 11.9 Å². The third-order valence-corrected chi connectivity index (χ3v) is 4.69. The molecule has 21 heavy (non-hydrogen) atoms. The van der Waals surface area contributed by atoms with E-state index in [9.17, 15) is 4.79 Å². The molecule has 0 saturated heterocycles. The highest BCUT2D eigenvalue weighted by atomic mass is 32.1. The van der Waals surface area contributed by atoms with Crippen LogP contribution in [0.5, 0.6) is 0 Å². The van der Waals surface area contributed by atoms with Crippen molar-refractivity contribution in [3.05, 3.63) is 45.8 Å². The molecule has 2 aromatic heterocycles. The van der Waals surface area contributed by atoms with E-state index in [2.05, 4.69) is 27.1 Å². The normalized spacial score (nSPS) is 17.1. The molecule has 1 aliphatic rings. The Kier molecular flexibility index (Phi) is 4.20. The first-order chi connectivity index (χ1) is 10.3. The van der Waals surface area contributed by atoms with Gasteiger partial charge >= 0.3 is 0 Å². The number of fused-ring (bicyclic) bond motifs is 1. The van der Waals surface area contributed by atoms with Crippen LogP contribution < -0.4 is 10.6 Å². The lowest BCUT2D eigenvalue weighted by molar-refractivity contribution is 0.0928. The highest BCUT2D eigenvalue weighted by Gasteiger charge is 2.23. The predicted octanol–water partition coefficient (Wildman–Crippen LogP) is 3.38. The lowest BCUT2D eigenvalue weighted by Crippen LogP contribution is -2.31. The van der Waals surface area contributed by atoms with E-state index in [-0.39, 0.29) is 11.9 Å². The Morgan fingerprint density at radius 3 is 3.19 bits per heavy atom. The van der Waals surface area contributed by atoms with Crippen molar-refractivity contribution in [1.29, 1.82) is 0 Å². The number of carbonyl (C=O) groups excluding carboxylic acids is 1. The number of carbonyl (C=O) groups is 1. The van der Waals surface area contributed by atoms with Crippen LogP contribution >= 0.6 is 11.3 Å². The van der Waals surface area contributed by atoms with Gasteiger partial charge in [0.05, 0.1) is 6.04 Å². The summed E-state index contributed by atoms with van der Waals surface area (Å²) >= 11 is 1.78. The summed E-state index contributed by atoms with van der Waals surface area (Å²) in [6.07, 6.45) is 3.26. The van der Waals surface area contributed by atoms with Crippen LogP contribution in [0.15, 0.2) is 29.6 Å². The average molecular weight is 301 g/mol. The van der Waals surface area contributed by atoms with Gasteiger partial charge in [-0.2, -0.15) is 0 Å². The van der Waals surface area contributed by atoms with Crippen LogP contribution in [-0.2, 0) is 6.42 Å².